The molecule has 0 unspecified atom stereocenters. The zero-order valence-corrected chi connectivity index (χ0v) is 15.1. The number of para-hydroxylation sites is 1. The van der Waals surface area contributed by atoms with E-state index in [1.165, 1.54) is 0 Å². The minimum atomic E-state index is -1.20. The van der Waals surface area contributed by atoms with Crippen LogP contribution >= 0.6 is 11.6 Å². The number of benzene rings is 2. The number of hydrogen-bond acceptors (Lipinski definition) is 4. The number of ether oxygens (including phenoxy) is 1. The number of rotatable bonds is 4. The Balaban J connectivity index is 1.53. The summed E-state index contributed by atoms with van der Waals surface area (Å²) in [4.78, 5) is 27.7. The molecule has 27 heavy (non-hydrogen) atoms. The summed E-state index contributed by atoms with van der Waals surface area (Å²) in [5, 5.41) is 0.637. The maximum absolute atomic E-state index is 13.6. The van der Waals surface area contributed by atoms with Crippen LogP contribution in [0.1, 0.15) is 10.4 Å². The summed E-state index contributed by atoms with van der Waals surface area (Å²) in [5.74, 6) is -3.67. The lowest BCUT2D eigenvalue weighted by molar-refractivity contribution is -0.134. The standard InChI is InChI=1S/C19H17ClF2N2O3/c20-13-4-1-2-7-16(13)23-8-10-24(11-9-23)17(25)12-27-19(26)18-14(21)5-3-6-15(18)22/h1-7H,8-12H2. The van der Waals surface area contributed by atoms with E-state index in [1.54, 1.807) is 11.0 Å². The molecule has 8 heteroatoms. The molecule has 5 nitrogen and oxygen atoms in total. The summed E-state index contributed by atoms with van der Waals surface area (Å²) < 4.78 is 31.9. The maximum atomic E-state index is 13.6. The van der Waals surface area contributed by atoms with Crippen molar-refractivity contribution in [3.63, 3.8) is 0 Å². The fraction of sp³-hybridized carbons (Fsp3) is 0.263. The number of amides is 1. The predicted molar refractivity (Wildman–Crippen MR) is 96.9 cm³/mol. The van der Waals surface area contributed by atoms with E-state index in [0.29, 0.717) is 31.2 Å². The van der Waals surface area contributed by atoms with Gasteiger partial charge in [-0.15, -0.1) is 0 Å². The van der Waals surface area contributed by atoms with Crippen LogP contribution in [0.4, 0.5) is 14.5 Å². The number of halogens is 3. The lowest BCUT2D eigenvalue weighted by Gasteiger charge is -2.36. The van der Waals surface area contributed by atoms with Crippen LogP contribution in [0.2, 0.25) is 5.02 Å². The highest BCUT2D eigenvalue weighted by Gasteiger charge is 2.24. The van der Waals surface area contributed by atoms with Gasteiger partial charge in [0.15, 0.2) is 6.61 Å². The summed E-state index contributed by atoms with van der Waals surface area (Å²) in [6.45, 7) is 1.43. The Morgan fingerprint density at radius 1 is 0.963 bits per heavy atom. The van der Waals surface area contributed by atoms with Crippen molar-refractivity contribution in [3.05, 3.63) is 64.7 Å². The SMILES string of the molecule is O=C(OCC(=O)N1CCN(c2ccccc2Cl)CC1)c1c(F)cccc1F. The number of piperazine rings is 1. The van der Waals surface area contributed by atoms with E-state index in [4.69, 9.17) is 16.3 Å². The summed E-state index contributed by atoms with van der Waals surface area (Å²) in [6.07, 6.45) is 0. The second-order valence-corrected chi connectivity index (χ2v) is 6.40. The molecule has 1 fully saturated rings. The highest BCUT2D eigenvalue weighted by molar-refractivity contribution is 6.33. The number of nitrogens with zero attached hydrogens (tertiary/aromatic N) is 2. The van der Waals surface area contributed by atoms with Gasteiger partial charge in [0.05, 0.1) is 10.7 Å². The third kappa shape index (κ3) is 4.36. The summed E-state index contributed by atoms with van der Waals surface area (Å²) in [7, 11) is 0. The van der Waals surface area contributed by atoms with Gasteiger partial charge in [-0.2, -0.15) is 0 Å². The van der Waals surface area contributed by atoms with Gasteiger partial charge in [-0.3, -0.25) is 4.79 Å². The van der Waals surface area contributed by atoms with Crippen LogP contribution in [-0.4, -0.2) is 49.6 Å². The lowest BCUT2D eigenvalue weighted by Crippen LogP contribution is -2.50. The van der Waals surface area contributed by atoms with Gasteiger partial charge in [0.25, 0.3) is 5.91 Å². The second-order valence-electron chi connectivity index (χ2n) is 5.99. The Morgan fingerprint density at radius 3 is 2.22 bits per heavy atom. The average Bonchev–Trinajstić information content (AvgIpc) is 2.66. The third-order valence-corrected chi connectivity index (χ3v) is 4.64. The van der Waals surface area contributed by atoms with E-state index >= 15 is 0 Å². The number of carbonyl (C=O) groups excluding carboxylic acids is 2. The molecule has 3 rings (SSSR count). The smallest absolute Gasteiger partial charge is 0.344 e. The number of anilines is 1. The first-order valence-corrected chi connectivity index (χ1v) is 8.73. The van der Waals surface area contributed by atoms with E-state index < -0.39 is 35.7 Å². The van der Waals surface area contributed by atoms with Gasteiger partial charge in [0.2, 0.25) is 0 Å². The molecule has 1 aliphatic heterocycles. The van der Waals surface area contributed by atoms with Crippen LogP contribution < -0.4 is 4.90 Å². The molecular weight excluding hydrogens is 378 g/mol. The summed E-state index contributed by atoms with van der Waals surface area (Å²) in [5.41, 5.74) is 0.0987. The van der Waals surface area contributed by atoms with Crippen molar-refractivity contribution in [2.24, 2.45) is 0 Å². The third-order valence-electron chi connectivity index (χ3n) is 4.32. The predicted octanol–water partition coefficient (Wildman–Crippen LogP) is 3.12. The van der Waals surface area contributed by atoms with Gasteiger partial charge in [0, 0.05) is 26.2 Å². The van der Waals surface area contributed by atoms with Crippen molar-refractivity contribution in [2.45, 2.75) is 0 Å². The van der Waals surface area contributed by atoms with Gasteiger partial charge in [-0.05, 0) is 24.3 Å². The highest BCUT2D eigenvalue weighted by atomic mass is 35.5. The van der Waals surface area contributed by atoms with Gasteiger partial charge in [-0.1, -0.05) is 29.8 Å². The van der Waals surface area contributed by atoms with Crippen molar-refractivity contribution in [3.8, 4) is 0 Å². The van der Waals surface area contributed by atoms with Gasteiger partial charge >= 0.3 is 5.97 Å². The van der Waals surface area contributed by atoms with Gasteiger partial charge < -0.3 is 14.5 Å². The van der Waals surface area contributed by atoms with Crippen LogP contribution in [0.15, 0.2) is 42.5 Å². The first-order valence-electron chi connectivity index (χ1n) is 8.36. The molecule has 0 aliphatic carbocycles. The Hall–Kier alpha value is -2.67. The van der Waals surface area contributed by atoms with E-state index in [2.05, 4.69) is 4.90 Å². The lowest BCUT2D eigenvalue weighted by atomic mass is 10.2. The quantitative estimate of drug-likeness (QED) is 0.748. The Kier molecular flexibility index (Phi) is 5.91. The summed E-state index contributed by atoms with van der Waals surface area (Å²) in [6, 6.07) is 10.5. The van der Waals surface area contributed by atoms with E-state index in [0.717, 1.165) is 23.9 Å². The normalized spacial score (nSPS) is 14.2. The van der Waals surface area contributed by atoms with Crippen LogP contribution in [-0.2, 0) is 9.53 Å². The Labute approximate surface area is 160 Å². The highest BCUT2D eigenvalue weighted by Crippen LogP contribution is 2.26. The van der Waals surface area contributed by atoms with Crippen molar-refractivity contribution >= 4 is 29.2 Å². The van der Waals surface area contributed by atoms with Crippen molar-refractivity contribution < 1.29 is 23.1 Å². The molecule has 142 valence electrons. The molecule has 2 aromatic rings. The Bertz CT molecular complexity index is 834. The fourth-order valence-corrected chi connectivity index (χ4v) is 3.14. The van der Waals surface area contributed by atoms with Crippen LogP contribution in [0.5, 0.6) is 0 Å². The van der Waals surface area contributed by atoms with E-state index in [9.17, 15) is 18.4 Å². The van der Waals surface area contributed by atoms with Crippen molar-refractivity contribution in [1.29, 1.82) is 0 Å². The van der Waals surface area contributed by atoms with E-state index in [1.807, 2.05) is 18.2 Å². The topological polar surface area (TPSA) is 49.9 Å². The van der Waals surface area contributed by atoms with E-state index in [-0.39, 0.29) is 0 Å². The van der Waals surface area contributed by atoms with Gasteiger partial charge in [0.1, 0.15) is 17.2 Å². The van der Waals surface area contributed by atoms with Crippen LogP contribution in [0.25, 0.3) is 0 Å². The first kappa shape index (κ1) is 19.1. The monoisotopic (exact) mass is 394 g/mol. The molecule has 0 saturated carbocycles. The number of esters is 1. The molecule has 1 aliphatic rings. The van der Waals surface area contributed by atoms with Gasteiger partial charge in [-0.25, -0.2) is 13.6 Å². The Morgan fingerprint density at radius 2 is 1.59 bits per heavy atom. The minimum Gasteiger partial charge on any atom is -0.452 e. The molecule has 0 radical (unpaired) electrons. The molecule has 0 atom stereocenters. The second kappa shape index (κ2) is 8.35. The van der Waals surface area contributed by atoms with Crippen molar-refractivity contribution in [1.82, 2.24) is 4.90 Å². The first-order chi connectivity index (χ1) is 13.0. The van der Waals surface area contributed by atoms with Crippen LogP contribution in [0.3, 0.4) is 0 Å². The maximum Gasteiger partial charge on any atom is 0.344 e. The molecule has 0 N–H and O–H groups in total. The summed E-state index contributed by atoms with van der Waals surface area (Å²) >= 11 is 6.18. The van der Waals surface area contributed by atoms with Crippen molar-refractivity contribution in [2.75, 3.05) is 37.7 Å². The fourth-order valence-electron chi connectivity index (χ4n) is 2.89. The number of hydrogen-bond donors (Lipinski definition) is 0. The molecular formula is C19H17ClF2N2O3. The minimum absolute atomic E-state index is 0.418. The molecule has 0 spiro atoms. The zero-order chi connectivity index (χ0) is 19.4. The zero-order valence-electron chi connectivity index (χ0n) is 14.3. The molecule has 1 saturated heterocycles. The molecule has 0 bridgehead atoms. The molecule has 0 aromatic heterocycles. The largest absolute Gasteiger partial charge is 0.452 e. The molecule has 1 amide bonds. The van der Waals surface area contributed by atoms with Crippen LogP contribution in [0, 0.1) is 11.6 Å². The number of carbonyl (C=O) groups is 2. The average molecular weight is 395 g/mol. The molecule has 2 aromatic carbocycles. The molecule has 1 heterocycles.